The topological polar surface area (TPSA) is 80.0 Å². The zero-order chi connectivity index (χ0) is 18.0. The van der Waals surface area contributed by atoms with Gasteiger partial charge in [-0.1, -0.05) is 24.3 Å². The van der Waals surface area contributed by atoms with Gasteiger partial charge in [0.15, 0.2) is 5.65 Å². The number of fused-ring (bicyclic) bond motifs is 1. The Morgan fingerprint density at radius 3 is 2.76 bits per heavy atom. The highest BCUT2D eigenvalue weighted by molar-refractivity contribution is 6.06. The summed E-state index contributed by atoms with van der Waals surface area (Å²) in [7, 11) is 0. The molecule has 0 aliphatic rings. The molecule has 0 saturated carbocycles. The van der Waals surface area contributed by atoms with E-state index in [9.17, 15) is 4.79 Å². The summed E-state index contributed by atoms with van der Waals surface area (Å²) in [4.78, 5) is 17.4. The maximum atomic E-state index is 12.6. The third-order valence-electron chi connectivity index (χ3n) is 4.12. The molecule has 0 saturated heterocycles. The van der Waals surface area contributed by atoms with E-state index in [0.29, 0.717) is 16.6 Å². The van der Waals surface area contributed by atoms with Gasteiger partial charge in [0.1, 0.15) is 0 Å². The number of nitrogens with zero attached hydrogens (tertiary/aromatic N) is 3. The first-order valence-corrected chi connectivity index (χ1v) is 8.36. The lowest BCUT2D eigenvalue weighted by Crippen LogP contribution is -2.26. The number of hydrogen-bond donors (Lipinski definition) is 2. The molecule has 0 atom stereocenters. The van der Waals surface area contributed by atoms with Crippen molar-refractivity contribution in [2.24, 2.45) is 0 Å². The minimum atomic E-state index is -0.236. The molecule has 0 unspecified atom stereocenters. The smallest absolute Gasteiger partial charge is 0.252 e. The number of rotatable bonds is 5. The van der Waals surface area contributed by atoms with Gasteiger partial charge in [0.25, 0.3) is 5.91 Å². The maximum Gasteiger partial charge on any atom is 0.252 e. The Labute approximate surface area is 146 Å². The normalized spacial score (nSPS) is 11.2. The fourth-order valence-corrected chi connectivity index (χ4v) is 2.85. The summed E-state index contributed by atoms with van der Waals surface area (Å²) in [6.45, 7) is 6.18. The number of aliphatic hydroxyl groups is 1. The van der Waals surface area contributed by atoms with Gasteiger partial charge in [0, 0.05) is 18.2 Å². The molecule has 6 heteroatoms. The number of carbonyl (C=O) groups excluding carboxylic acids is 1. The monoisotopic (exact) mass is 338 g/mol. The Kier molecular flexibility index (Phi) is 4.81. The van der Waals surface area contributed by atoms with E-state index in [1.165, 1.54) is 0 Å². The van der Waals surface area contributed by atoms with Gasteiger partial charge in [-0.15, -0.1) is 0 Å². The van der Waals surface area contributed by atoms with E-state index in [-0.39, 0.29) is 25.1 Å². The number of aliphatic hydroxyl groups excluding tert-OH is 1. The third-order valence-corrected chi connectivity index (χ3v) is 4.12. The highest BCUT2D eigenvalue weighted by atomic mass is 16.3. The molecular weight excluding hydrogens is 316 g/mol. The van der Waals surface area contributed by atoms with E-state index in [2.05, 4.69) is 10.4 Å². The summed E-state index contributed by atoms with van der Waals surface area (Å²) >= 11 is 0. The zero-order valence-corrected chi connectivity index (χ0v) is 14.7. The molecule has 3 aromatic rings. The van der Waals surface area contributed by atoms with Crippen LogP contribution in [0.25, 0.3) is 22.3 Å². The second-order valence-electron chi connectivity index (χ2n) is 6.27. The number of carbonyl (C=O) groups is 1. The Bertz CT molecular complexity index is 915. The summed E-state index contributed by atoms with van der Waals surface area (Å²) in [6, 6.07) is 9.88. The molecule has 130 valence electrons. The van der Waals surface area contributed by atoms with Crippen molar-refractivity contribution in [1.29, 1.82) is 0 Å². The number of hydrogen-bond acceptors (Lipinski definition) is 4. The molecule has 2 N–H and O–H groups in total. The highest BCUT2D eigenvalue weighted by Gasteiger charge is 2.18. The summed E-state index contributed by atoms with van der Waals surface area (Å²) < 4.78 is 1.82. The first-order valence-electron chi connectivity index (χ1n) is 8.36. The van der Waals surface area contributed by atoms with Crippen LogP contribution in [-0.2, 0) is 0 Å². The molecule has 2 heterocycles. The van der Waals surface area contributed by atoms with Gasteiger partial charge in [0.05, 0.1) is 29.4 Å². The Morgan fingerprint density at radius 2 is 2.08 bits per heavy atom. The van der Waals surface area contributed by atoms with Crippen molar-refractivity contribution < 1.29 is 9.90 Å². The van der Waals surface area contributed by atoms with Crippen molar-refractivity contribution in [3.8, 4) is 11.3 Å². The highest BCUT2D eigenvalue weighted by Crippen LogP contribution is 2.28. The van der Waals surface area contributed by atoms with Crippen molar-refractivity contribution in [3.05, 3.63) is 47.7 Å². The van der Waals surface area contributed by atoms with E-state index in [1.54, 1.807) is 12.3 Å². The van der Waals surface area contributed by atoms with Gasteiger partial charge in [-0.3, -0.25) is 4.79 Å². The first-order chi connectivity index (χ1) is 12.0. The number of amides is 1. The molecule has 25 heavy (non-hydrogen) atoms. The summed E-state index contributed by atoms with van der Waals surface area (Å²) in [5, 5.41) is 16.8. The predicted molar refractivity (Wildman–Crippen MR) is 97.5 cm³/mol. The quantitative estimate of drug-likeness (QED) is 0.749. The van der Waals surface area contributed by atoms with Crippen LogP contribution >= 0.6 is 0 Å². The summed E-state index contributed by atoms with van der Waals surface area (Å²) in [5.41, 5.74) is 4.01. The van der Waals surface area contributed by atoms with Crippen molar-refractivity contribution in [2.45, 2.75) is 26.8 Å². The standard InChI is InChI=1S/C19H22N4O2/c1-12(2)23-18-16(11-21-23)15(19(25)20-8-9-24)10-17(22-18)14-7-5-4-6-13(14)3/h4-7,10-12,24H,8-9H2,1-3H3,(H,20,25). The molecule has 0 bridgehead atoms. The molecule has 2 aromatic heterocycles. The lowest BCUT2D eigenvalue weighted by atomic mass is 10.0. The molecule has 3 rings (SSSR count). The van der Waals surface area contributed by atoms with E-state index in [0.717, 1.165) is 16.8 Å². The van der Waals surface area contributed by atoms with Gasteiger partial charge in [-0.25, -0.2) is 9.67 Å². The second-order valence-corrected chi connectivity index (χ2v) is 6.27. The van der Waals surface area contributed by atoms with E-state index in [4.69, 9.17) is 10.1 Å². The van der Waals surface area contributed by atoms with Crippen LogP contribution in [0.2, 0.25) is 0 Å². The van der Waals surface area contributed by atoms with Gasteiger partial charge >= 0.3 is 0 Å². The van der Waals surface area contributed by atoms with Gasteiger partial charge in [-0.2, -0.15) is 5.10 Å². The summed E-state index contributed by atoms with van der Waals surface area (Å²) in [5.74, 6) is -0.236. The van der Waals surface area contributed by atoms with Crippen LogP contribution in [0.15, 0.2) is 36.5 Å². The minimum Gasteiger partial charge on any atom is -0.395 e. The molecule has 0 spiro atoms. The lowest BCUT2D eigenvalue weighted by molar-refractivity contribution is 0.0946. The minimum absolute atomic E-state index is 0.101. The molecule has 0 radical (unpaired) electrons. The van der Waals surface area contributed by atoms with Gasteiger partial charge in [-0.05, 0) is 32.4 Å². The van der Waals surface area contributed by atoms with Crippen LogP contribution in [0.3, 0.4) is 0 Å². The van der Waals surface area contributed by atoms with Crippen LogP contribution in [-0.4, -0.2) is 38.9 Å². The average Bonchev–Trinajstić information content (AvgIpc) is 3.03. The van der Waals surface area contributed by atoms with E-state index < -0.39 is 0 Å². The first kappa shape index (κ1) is 17.1. The number of aryl methyl sites for hydroxylation is 1. The van der Waals surface area contributed by atoms with Gasteiger partial charge in [0.2, 0.25) is 0 Å². The van der Waals surface area contributed by atoms with Gasteiger partial charge < -0.3 is 10.4 Å². The number of aromatic nitrogens is 3. The third kappa shape index (κ3) is 3.25. The Hall–Kier alpha value is -2.73. The fourth-order valence-electron chi connectivity index (χ4n) is 2.85. The molecule has 6 nitrogen and oxygen atoms in total. The van der Waals surface area contributed by atoms with Crippen molar-refractivity contribution in [1.82, 2.24) is 20.1 Å². The zero-order valence-electron chi connectivity index (χ0n) is 14.7. The molecule has 0 aliphatic carbocycles. The fraction of sp³-hybridized carbons (Fsp3) is 0.316. The van der Waals surface area contributed by atoms with Crippen LogP contribution in [0.1, 0.15) is 35.8 Å². The van der Waals surface area contributed by atoms with E-state index >= 15 is 0 Å². The average molecular weight is 338 g/mol. The van der Waals surface area contributed by atoms with Crippen molar-refractivity contribution in [2.75, 3.05) is 13.2 Å². The molecule has 1 amide bonds. The van der Waals surface area contributed by atoms with Crippen LogP contribution in [0.5, 0.6) is 0 Å². The van der Waals surface area contributed by atoms with Crippen LogP contribution in [0.4, 0.5) is 0 Å². The van der Waals surface area contributed by atoms with Crippen LogP contribution < -0.4 is 5.32 Å². The second kappa shape index (κ2) is 7.03. The number of pyridine rings is 1. The maximum absolute atomic E-state index is 12.6. The van der Waals surface area contributed by atoms with Crippen molar-refractivity contribution in [3.63, 3.8) is 0 Å². The molecule has 0 fully saturated rings. The molecular formula is C19H22N4O2. The largest absolute Gasteiger partial charge is 0.395 e. The molecule has 0 aliphatic heterocycles. The predicted octanol–water partition coefficient (Wildman–Crippen LogP) is 2.71. The summed E-state index contributed by atoms with van der Waals surface area (Å²) in [6.07, 6.45) is 1.68. The van der Waals surface area contributed by atoms with Crippen LogP contribution in [0, 0.1) is 6.92 Å². The van der Waals surface area contributed by atoms with Crippen molar-refractivity contribution >= 4 is 16.9 Å². The Balaban J connectivity index is 2.23. The van der Waals surface area contributed by atoms with E-state index in [1.807, 2.05) is 49.7 Å². The number of nitrogens with one attached hydrogen (secondary N) is 1. The SMILES string of the molecule is Cc1ccccc1-c1cc(C(=O)NCCO)c2cnn(C(C)C)c2n1. The number of benzene rings is 1. The molecule has 1 aromatic carbocycles. The Morgan fingerprint density at radius 1 is 1.32 bits per heavy atom. The lowest BCUT2D eigenvalue weighted by Gasteiger charge is -2.12.